The summed E-state index contributed by atoms with van der Waals surface area (Å²) in [5.41, 5.74) is -0.735. The van der Waals surface area contributed by atoms with Gasteiger partial charge in [-0.2, -0.15) is 0 Å². The number of hydrogen-bond acceptors (Lipinski definition) is 1. The monoisotopic (exact) mass is 395 g/mol. The Kier molecular flexibility index (Phi) is 9.07. The van der Waals surface area contributed by atoms with Crippen LogP contribution in [0, 0.1) is 11.6 Å². The van der Waals surface area contributed by atoms with Crippen molar-refractivity contribution < 1.29 is 39.5 Å². The van der Waals surface area contributed by atoms with E-state index in [0.29, 0.717) is 18.2 Å². The van der Waals surface area contributed by atoms with Gasteiger partial charge < -0.3 is 4.90 Å². The van der Waals surface area contributed by atoms with E-state index in [2.05, 4.69) is 0 Å². The molecular weight excluding hydrogens is 377 g/mol. The van der Waals surface area contributed by atoms with Crippen molar-refractivity contribution in [2.75, 3.05) is 24.9 Å². The van der Waals surface area contributed by atoms with E-state index in [1.54, 1.807) is 0 Å². The molecule has 0 saturated carbocycles. The Labute approximate surface area is 144 Å². The maximum absolute atomic E-state index is 13.9. The van der Waals surface area contributed by atoms with Gasteiger partial charge in [0.1, 0.15) is 17.8 Å². The predicted molar refractivity (Wildman–Crippen MR) is 79.4 cm³/mol. The number of hydrogen-bond donors (Lipinski definition) is 0. The molecule has 0 aliphatic rings. The minimum atomic E-state index is -3.22. The second kappa shape index (κ2) is 10.5. The van der Waals surface area contributed by atoms with Crippen LogP contribution in [0.5, 0.6) is 0 Å². The SMILES string of the molecule is FCCCC(F)C(F)C(F)C(F)C(F)CN(CF)c1cc(F)ccc1F. The lowest BCUT2D eigenvalue weighted by molar-refractivity contribution is 0.000163. The molecule has 1 rings (SSSR count). The first-order chi connectivity index (χ1) is 12.2. The second-order valence-electron chi connectivity index (χ2n) is 5.63. The molecule has 0 heterocycles. The van der Waals surface area contributed by atoms with Crippen LogP contribution in [0.4, 0.5) is 45.2 Å². The number of anilines is 1. The standard InChI is InChI=1S/C16H18F9N/c17-5-1-2-11(21)14(23)16(25)15(24)12(22)7-26(8-18)13-6-9(19)3-4-10(13)20/h3-4,6,11-12,14-16H,1-2,5,7-8H2. The largest absolute Gasteiger partial charge is 0.339 e. The smallest absolute Gasteiger partial charge is 0.168 e. The summed E-state index contributed by atoms with van der Waals surface area (Å²) in [5, 5.41) is 0. The van der Waals surface area contributed by atoms with Crippen LogP contribution in [0.1, 0.15) is 12.8 Å². The summed E-state index contributed by atoms with van der Waals surface area (Å²) in [6, 6.07) is 1.86. The van der Waals surface area contributed by atoms with Gasteiger partial charge in [-0.15, -0.1) is 0 Å². The van der Waals surface area contributed by atoms with Crippen LogP contribution in [-0.2, 0) is 0 Å². The second-order valence-corrected chi connectivity index (χ2v) is 5.63. The van der Waals surface area contributed by atoms with Gasteiger partial charge in [-0.1, -0.05) is 0 Å². The summed E-state index contributed by atoms with van der Waals surface area (Å²) in [5.74, 6) is -2.12. The summed E-state index contributed by atoms with van der Waals surface area (Å²) in [4.78, 5) is 0.256. The third-order valence-electron chi connectivity index (χ3n) is 3.70. The lowest BCUT2D eigenvalue weighted by Crippen LogP contribution is -2.44. The quantitative estimate of drug-likeness (QED) is 0.371. The molecule has 5 unspecified atom stereocenters. The zero-order valence-corrected chi connectivity index (χ0v) is 13.5. The van der Waals surface area contributed by atoms with Crippen LogP contribution in [0.15, 0.2) is 18.2 Å². The van der Waals surface area contributed by atoms with Gasteiger partial charge in [-0.3, -0.25) is 4.39 Å². The van der Waals surface area contributed by atoms with Gasteiger partial charge >= 0.3 is 0 Å². The summed E-state index contributed by atoms with van der Waals surface area (Å²) < 4.78 is 120. The zero-order chi connectivity index (χ0) is 19.9. The highest BCUT2D eigenvalue weighted by molar-refractivity contribution is 5.47. The molecule has 0 aromatic heterocycles. The molecule has 0 fully saturated rings. The summed E-state index contributed by atoms with van der Waals surface area (Å²) >= 11 is 0. The number of benzene rings is 1. The Hall–Kier alpha value is -1.61. The molecule has 10 heteroatoms. The molecule has 0 spiro atoms. The molecule has 0 amide bonds. The Morgan fingerprint density at radius 2 is 1.46 bits per heavy atom. The number of alkyl halides is 7. The Bertz CT molecular complexity index is 544. The van der Waals surface area contributed by atoms with E-state index >= 15 is 0 Å². The average Bonchev–Trinajstić information content (AvgIpc) is 2.63. The average molecular weight is 395 g/mol. The highest BCUT2D eigenvalue weighted by Gasteiger charge is 2.40. The fourth-order valence-corrected chi connectivity index (χ4v) is 2.26. The molecule has 0 saturated heterocycles. The summed E-state index contributed by atoms with van der Waals surface area (Å²) in [6.45, 7) is -3.81. The minimum Gasteiger partial charge on any atom is -0.339 e. The van der Waals surface area contributed by atoms with Crippen LogP contribution >= 0.6 is 0 Å². The molecule has 26 heavy (non-hydrogen) atoms. The van der Waals surface area contributed by atoms with Gasteiger partial charge in [-0.05, 0) is 25.0 Å². The molecule has 0 N–H and O–H groups in total. The molecule has 0 bridgehead atoms. The molecule has 1 nitrogen and oxygen atoms in total. The topological polar surface area (TPSA) is 3.24 Å². The first-order valence-electron chi connectivity index (χ1n) is 7.75. The van der Waals surface area contributed by atoms with E-state index in [1.807, 2.05) is 0 Å². The van der Waals surface area contributed by atoms with Crippen molar-refractivity contribution in [2.24, 2.45) is 0 Å². The molecule has 0 aliphatic heterocycles. The van der Waals surface area contributed by atoms with Crippen molar-refractivity contribution in [3.8, 4) is 0 Å². The van der Waals surface area contributed by atoms with Crippen LogP contribution < -0.4 is 4.90 Å². The van der Waals surface area contributed by atoms with E-state index in [9.17, 15) is 39.5 Å². The van der Waals surface area contributed by atoms with Crippen molar-refractivity contribution in [3.63, 3.8) is 0 Å². The lowest BCUT2D eigenvalue weighted by atomic mass is 10.0. The van der Waals surface area contributed by atoms with E-state index < -0.39 is 81.0 Å². The van der Waals surface area contributed by atoms with Gasteiger partial charge in [-0.25, -0.2) is 35.1 Å². The fraction of sp³-hybridized carbons (Fsp3) is 0.625. The van der Waals surface area contributed by atoms with E-state index in [-0.39, 0.29) is 4.90 Å². The number of halogens is 9. The maximum Gasteiger partial charge on any atom is 0.168 e. The molecule has 1 aromatic carbocycles. The Balaban J connectivity index is 2.77. The third kappa shape index (κ3) is 5.98. The molecule has 1 aromatic rings. The highest BCUT2D eigenvalue weighted by atomic mass is 19.2. The van der Waals surface area contributed by atoms with Crippen LogP contribution in [0.25, 0.3) is 0 Å². The molecular formula is C16H18F9N. The van der Waals surface area contributed by atoms with Gasteiger partial charge in [0, 0.05) is 6.07 Å². The van der Waals surface area contributed by atoms with Crippen LogP contribution in [-0.4, -0.2) is 50.9 Å². The predicted octanol–water partition coefficient (Wildman–Crippen LogP) is 5.14. The lowest BCUT2D eigenvalue weighted by Gasteiger charge is -2.27. The normalized spacial score (nSPS) is 17.4. The van der Waals surface area contributed by atoms with Gasteiger partial charge in [0.2, 0.25) is 0 Å². The summed E-state index contributed by atoms with van der Waals surface area (Å²) in [6.07, 6.45) is -16.0. The zero-order valence-electron chi connectivity index (χ0n) is 13.5. The Morgan fingerprint density at radius 3 is 2.04 bits per heavy atom. The fourth-order valence-electron chi connectivity index (χ4n) is 2.26. The van der Waals surface area contributed by atoms with Crippen molar-refractivity contribution in [2.45, 2.75) is 43.7 Å². The maximum atomic E-state index is 13.9. The van der Waals surface area contributed by atoms with Crippen LogP contribution in [0.3, 0.4) is 0 Å². The van der Waals surface area contributed by atoms with Gasteiger partial charge in [0.25, 0.3) is 0 Å². The van der Waals surface area contributed by atoms with E-state index in [1.165, 1.54) is 0 Å². The first kappa shape index (κ1) is 22.4. The van der Waals surface area contributed by atoms with Crippen molar-refractivity contribution in [1.29, 1.82) is 0 Å². The van der Waals surface area contributed by atoms with Crippen molar-refractivity contribution in [1.82, 2.24) is 0 Å². The molecule has 0 radical (unpaired) electrons. The van der Waals surface area contributed by atoms with Crippen molar-refractivity contribution >= 4 is 5.69 Å². The van der Waals surface area contributed by atoms with Crippen molar-refractivity contribution in [3.05, 3.63) is 29.8 Å². The molecule has 5 atom stereocenters. The van der Waals surface area contributed by atoms with E-state index in [0.717, 1.165) is 0 Å². The van der Waals surface area contributed by atoms with E-state index in [4.69, 9.17) is 0 Å². The molecule has 0 aliphatic carbocycles. The summed E-state index contributed by atoms with van der Waals surface area (Å²) in [7, 11) is 0. The number of rotatable bonds is 11. The van der Waals surface area contributed by atoms with Crippen LogP contribution in [0.2, 0.25) is 0 Å². The molecule has 150 valence electrons. The minimum absolute atomic E-state index is 0.256. The third-order valence-corrected chi connectivity index (χ3v) is 3.70. The van der Waals surface area contributed by atoms with Gasteiger partial charge in [0.15, 0.2) is 31.5 Å². The Morgan fingerprint density at radius 1 is 0.846 bits per heavy atom. The first-order valence-corrected chi connectivity index (χ1v) is 7.75. The highest BCUT2D eigenvalue weighted by Crippen LogP contribution is 2.26. The number of nitrogens with zero attached hydrogens (tertiary/aromatic N) is 1. The van der Waals surface area contributed by atoms with Gasteiger partial charge in [0.05, 0.1) is 18.9 Å².